The summed E-state index contributed by atoms with van der Waals surface area (Å²) in [4.78, 5) is 11.0. The lowest BCUT2D eigenvalue weighted by Gasteiger charge is -2.36. The highest BCUT2D eigenvalue weighted by molar-refractivity contribution is 5.98. The molecule has 0 radical (unpaired) electrons. The van der Waals surface area contributed by atoms with Crippen molar-refractivity contribution in [3.63, 3.8) is 0 Å². The van der Waals surface area contributed by atoms with Crippen LogP contribution < -0.4 is 0 Å². The molecule has 0 rings (SSSR count). The summed E-state index contributed by atoms with van der Waals surface area (Å²) in [6, 6.07) is 0. The Morgan fingerprint density at radius 1 is 1.27 bits per heavy atom. The van der Waals surface area contributed by atoms with E-state index >= 15 is 0 Å². The van der Waals surface area contributed by atoms with Crippen LogP contribution in [0.2, 0.25) is 0 Å². The van der Waals surface area contributed by atoms with E-state index in [9.17, 15) is 4.79 Å². The third-order valence-corrected chi connectivity index (χ3v) is 2.50. The van der Waals surface area contributed by atoms with Crippen molar-refractivity contribution in [1.82, 2.24) is 0 Å². The number of ether oxygens (including phenoxy) is 1. The maximum absolute atomic E-state index is 11.0. The zero-order chi connectivity index (χ0) is 12.3. The van der Waals surface area contributed by atoms with Crippen LogP contribution in [0.3, 0.4) is 0 Å². The Bertz CT molecular complexity index is 218. The van der Waals surface area contributed by atoms with E-state index in [1.807, 2.05) is 13.8 Å². The zero-order valence-electron chi connectivity index (χ0n) is 11.0. The van der Waals surface area contributed by atoms with Crippen LogP contribution in [0.1, 0.15) is 48.0 Å². The topological polar surface area (TPSA) is 35.5 Å². The standard InChI is InChI=1S/C11H23BO3/c1-8(13)14-9(10(2,3)4)7-11(5,6)15-12/h9H,7,12H2,1-6H3. The Hall–Kier alpha value is -0.505. The highest BCUT2D eigenvalue weighted by Gasteiger charge is 2.33. The minimum atomic E-state index is -0.270. The lowest BCUT2D eigenvalue weighted by Crippen LogP contribution is -2.39. The maximum atomic E-state index is 11.0. The lowest BCUT2D eigenvalue weighted by molar-refractivity contribution is -0.155. The van der Waals surface area contributed by atoms with Crippen molar-refractivity contribution >= 4 is 14.0 Å². The van der Waals surface area contributed by atoms with E-state index in [0.29, 0.717) is 6.42 Å². The van der Waals surface area contributed by atoms with Gasteiger partial charge in [0.15, 0.2) is 0 Å². The Balaban J connectivity index is 4.59. The molecule has 0 amide bonds. The normalized spacial score (nSPS) is 14.8. The minimum Gasteiger partial charge on any atom is -0.462 e. The molecule has 3 nitrogen and oxygen atoms in total. The second kappa shape index (κ2) is 5.02. The molecule has 0 aromatic heterocycles. The van der Waals surface area contributed by atoms with Gasteiger partial charge in [0, 0.05) is 18.9 Å². The van der Waals surface area contributed by atoms with Crippen LogP contribution in [-0.4, -0.2) is 25.7 Å². The Morgan fingerprint density at radius 3 is 2.00 bits per heavy atom. The smallest absolute Gasteiger partial charge is 0.302 e. The van der Waals surface area contributed by atoms with Crippen molar-refractivity contribution in [3.8, 4) is 0 Å². The van der Waals surface area contributed by atoms with Gasteiger partial charge in [0.25, 0.3) is 8.05 Å². The van der Waals surface area contributed by atoms with Crippen molar-refractivity contribution in [1.29, 1.82) is 0 Å². The first-order valence-corrected chi connectivity index (χ1v) is 5.31. The average Bonchev–Trinajstić information content (AvgIpc) is 2.00. The molecule has 0 fully saturated rings. The van der Waals surface area contributed by atoms with E-state index in [1.54, 1.807) is 8.05 Å². The second-order valence-electron chi connectivity index (χ2n) is 5.63. The van der Waals surface area contributed by atoms with Gasteiger partial charge in [-0.2, -0.15) is 0 Å². The fourth-order valence-electron chi connectivity index (χ4n) is 1.25. The predicted molar refractivity (Wildman–Crippen MR) is 63.3 cm³/mol. The monoisotopic (exact) mass is 214 g/mol. The second-order valence-corrected chi connectivity index (χ2v) is 5.63. The van der Waals surface area contributed by atoms with Gasteiger partial charge in [-0.15, -0.1) is 0 Å². The molecule has 0 spiro atoms. The average molecular weight is 214 g/mol. The number of hydrogen-bond donors (Lipinski definition) is 0. The van der Waals surface area contributed by atoms with Gasteiger partial charge in [0.05, 0.1) is 0 Å². The van der Waals surface area contributed by atoms with Crippen molar-refractivity contribution in [2.75, 3.05) is 0 Å². The van der Waals surface area contributed by atoms with Crippen LogP contribution in [0.4, 0.5) is 0 Å². The number of carbonyl (C=O) groups is 1. The highest BCUT2D eigenvalue weighted by atomic mass is 16.5. The first-order valence-electron chi connectivity index (χ1n) is 5.31. The van der Waals surface area contributed by atoms with Crippen LogP contribution in [0.5, 0.6) is 0 Å². The number of hydrogen-bond acceptors (Lipinski definition) is 3. The van der Waals surface area contributed by atoms with Crippen LogP contribution in [0.15, 0.2) is 0 Å². The Kier molecular flexibility index (Phi) is 4.85. The van der Waals surface area contributed by atoms with Gasteiger partial charge in [0.1, 0.15) is 6.10 Å². The molecule has 0 N–H and O–H groups in total. The lowest BCUT2D eigenvalue weighted by atomic mass is 9.82. The summed E-state index contributed by atoms with van der Waals surface area (Å²) in [7, 11) is 1.67. The quantitative estimate of drug-likeness (QED) is 0.527. The zero-order valence-corrected chi connectivity index (χ0v) is 11.0. The van der Waals surface area contributed by atoms with Gasteiger partial charge in [-0.1, -0.05) is 20.8 Å². The molecule has 15 heavy (non-hydrogen) atoms. The molecular formula is C11H23BO3. The van der Waals surface area contributed by atoms with E-state index in [4.69, 9.17) is 9.39 Å². The molecule has 1 unspecified atom stereocenters. The summed E-state index contributed by atoms with van der Waals surface area (Å²) in [5.74, 6) is -0.234. The molecule has 0 aromatic carbocycles. The first kappa shape index (κ1) is 14.5. The largest absolute Gasteiger partial charge is 0.462 e. The summed E-state index contributed by atoms with van der Waals surface area (Å²) in [5, 5.41) is 0. The molecule has 0 saturated heterocycles. The Labute approximate surface area is 94.0 Å². The third-order valence-electron chi connectivity index (χ3n) is 2.50. The molecule has 1 atom stereocenters. The van der Waals surface area contributed by atoms with Gasteiger partial charge >= 0.3 is 5.97 Å². The summed E-state index contributed by atoms with van der Waals surface area (Å²) < 4.78 is 10.7. The van der Waals surface area contributed by atoms with Gasteiger partial charge in [-0.3, -0.25) is 4.79 Å². The molecule has 0 aliphatic carbocycles. The van der Waals surface area contributed by atoms with E-state index in [2.05, 4.69) is 20.8 Å². The summed E-state index contributed by atoms with van der Waals surface area (Å²) >= 11 is 0. The molecule has 0 aliphatic heterocycles. The maximum Gasteiger partial charge on any atom is 0.302 e. The third kappa shape index (κ3) is 5.83. The number of rotatable bonds is 4. The minimum absolute atomic E-state index is 0.0680. The van der Waals surface area contributed by atoms with Crippen LogP contribution in [0, 0.1) is 5.41 Å². The highest BCUT2D eigenvalue weighted by Crippen LogP contribution is 2.30. The van der Waals surface area contributed by atoms with Crippen molar-refractivity contribution in [3.05, 3.63) is 0 Å². The summed E-state index contributed by atoms with van der Waals surface area (Å²) in [5.41, 5.74) is -0.338. The molecular weight excluding hydrogens is 191 g/mol. The molecule has 88 valence electrons. The number of esters is 1. The van der Waals surface area contributed by atoms with Gasteiger partial charge < -0.3 is 9.39 Å². The van der Waals surface area contributed by atoms with Crippen molar-refractivity contribution in [2.45, 2.75) is 59.7 Å². The fourth-order valence-corrected chi connectivity index (χ4v) is 1.25. The molecule has 0 aromatic rings. The fraction of sp³-hybridized carbons (Fsp3) is 0.909. The van der Waals surface area contributed by atoms with E-state index in [1.165, 1.54) is 6.92 Å². The molecule has 0 aliphatic rings. The molecule has 0 bridgehead atoms. The number of carbonyl (C=O) groups excluding carboxylic acids is 1. The Morgan fingerprint density at radius 2 is 1.73 bits per heavy atom. The molecule has 0 heterocycles. The summed E-state index contributed by atoms with van der Waals surface area (Å²) in [6.45, 7) is 11.6. The SMILES string of the molecule is BOC(C)(C)CC(OC(C)=O)C(C)(C)C. The van der Waals surface area contributed by atoms with Crippen molar-refractivity contribution in [2.24, 2.45) is 5.41 Å². The van der Waals surface area contributed by atoms with Crippen LogP contribution in [-0.2, 0) is 14.2 Å². The van der Waals surface area contributed by atoms with E-state index < -0.39 is 0 Å². The van der Waals surface area contributed by atoms with Crippen molar-refractivity contribution < 1.29 is 14.2 Å². The molecule has 4 heteroatoms. The van der Waals surface area contributed by atoms with Gasteiger partial charge in [-0.25, -0.2) is 0 Å². The van der Waals surface area contributed by atoms with Crippen LogP contribution in [0.25, 0.3) is 0 Å². The van der Waals surface area contributed by atoms with Gasteiger partial charge in [-0.05, 0) is 19.3 Å². The van der Waals surface area contributed by atoms with E-state index in [0.717, 1.165) is 0 Å². The first-order chi connectivity index (χ1) is 6.58. The van der Waals surface area contributed by atoms with Gasteiger partial charge in [0.2, 0.25) is 0 Å². The predicted octanol–water partition coefficient (Wildman–Crippen LogP) is 1.70. The molecule has 0 saturated carbocycles. The van der Waals surface area contributed by atoms with E-state index in [-0.39, 0.29) is 23.1 Å². The summed E-state index contributed by atoms with van der Waals surface area (Å²) in [6.07, 6.45) is 0.581. The van der Waals surface area contributed by atoms with Crippen LogP contribution >= 0.6 is 0 Å².